The van der Waals surface area contributed by atoms with Crippen molar-refractivity contribution in [2.75, 3.05) is 0 Å². The maximum atomic E-state index is 5.86. The summed E-state index contributed by atoms with van der Waals surface area (Å²) in [6, 6.07) is 40.3. The van der Waals surface area contributed by atoms with Crippen molar-refractivity contribution in [3.05, 3.63) is 199 Å². The van der Waals surface area contributed by atoms with Crippen molar-refractivity contribution in [2.24, 2.45) is 11.3 Å². The second-order valence-electron chi connectivity index (χ2n) is 17.7. The van der Waals surface area contributed by atoms with Gasteiger partial charge in [-0.15, -0.1) is 29.3 Å². The Bertz CT molecular complexity index is 2370. The van der Waals surface area contributed by atoms with Crippen molar-refractivity contribution >= 4 is 26.4 Å². The van der Waals surface area contributed by atoms with Gasteiger partial charge in [0.15, 0.2) is 0 Å². The number of benzene rings is 6. The molecule has 0 radical (unpaired) electrons. The molecule has 0 amide bonds. The van der Waals surface area contributed by atoms with E-state index < -0.39 is 0 Å². The Hall–Kier alpha value is -3.29. The fraction of sp³-hybridized carbons (Fsp3) is 0.281. The molecule has 0 aliphatic heterocycles. The van der Waals surface area contributed by atoms with Crippen LogP contribution in [-0.2, 0) is 30.7 Å². The van der Waals surface area contributed by atoms with E-state index in [1.54, 1.807) is 0 Å². The number of unbranched alkanes of at least 4 members (excludes halogenated alkanes) is 1. The zero-order chi connectivity index (χ0) is 43.3. The molecule has 5 heteroatoms. The van der Waals surface area contributed by atoms with Crippen molar-refractivity contribution in [1.29, 1.82) is 0 Å². The van der Waals surface area contributed by atoms with Crippen molar-refractivity contribution in [3.8, 4) is 33.4 Å². The molecule has 320 valence electrons. The Morgan fingerprint density at radius 1 is 0.661 bits per heavy atom. The van der Waals surface area contributed by atoms with Crippen LogP contribution in [0.5, 0.6) is 0 Å². The van der Waals surface area contributed by atoms with Gasteiger partial charge in [-0.3, -0.25) is 6.08 Å². The predicted molar refractivity (Wildman–Crippen MR) is 257 cm³/mol. The second-order valence-corrected chi connectivity index (χ2v) is 19.8. The van der Waals surface area contributed by atoms with Gasteiger partial charge < -0.3 is 24.8 Å². The van der Waals surface area contributed by atoms with Crippen LogP contribution in [0.4, 0.5) is 0 Å². The Morgan fingerprint density at radius 2 is 1.16 bits per heavy atom. The number of hydrogen-bond donors (Lipinski definition) is 0. The SMILES string of the molecule is CCCCC1[C-]=CC(C(C)(C)C)=C1.Cc1cc(C)c(-c2[c-]c3c(cc2)-c2ccc(-c4c(C)cc(C)cc4C)cc2C3)c(C)c1.Clc1ccc([C](=[Zr+2])c2ccc(Cl)cc2)cc1.[Cl-].[Cl-]. The topological polar surface area (TPSA) is 0 Å². The van der Waals surface area contributed by atoms with Gasteiger partial charge in [-0.1, -0.05) is 140 Å². The summed E-state index contributed by atoms with van der Waals surface area (Å²) in [5.41, 5.74) is 22.9. The molecule has 2 aliphatic rings. The fourth-order valence-corrected chi connectivity index (χ4v) is 9.70. The molecule has 2 aliphatic carbocycles. The first kappa shape index (κ1) is 51.3. The molecule has 8 rings (SSSR count). The van der Waals surface area contributed by atoms with Crippen LogP contribution in [0.15, 0.2) is 121 Å². The van der Waals surface area contributed by atoms with Gasteiger partial charge >= 0.3 is 120 Å². The fourth-order valence-electron chi connectivity index (χ4n) is 8.63. The zero-order valence-electron chi connectivity index (χ0n) is 37.9. The average molecular weight is 976 g/mol. The molecule has 0 fully saturated rings. The van der Waals surface area contributed by atoms with Gasteiger partial charge in [0.2, 0.25) is 0 Å². The van der Waals surface area contributed by atoms with E-state index >= 15 is 0 Å². The number of fused-ring (bicyclic) bond motifs is 3. The number of rotatable bonds is 7. The number of allylic oxidation sites excluding steroid dienone is 4. The minimum atomic E-state index is 0. The van der Waals surface area contributed by atoms with Crippen LogP contribution < -0.4 is 24.8 Å². The molecule has 0 saturated carbocycles. The van der Waals surface area contributed by atoms with Gasteiger partial charge in [0.1, 0.15) is 0 Å². The molecule has 6 aromatic carbocycles. The summed E-state index contributed by atoms with van der Waals surface area (Å²) in [5.74, 6) is 0.592. The van der Waals surface area contributed by atoms with E-state index in [0.29, 0.717) is 11.3 Å². The van der Waals surface area contributed by atoms with Crippen LogP contribution >= 0.6 is 23.2 Å². The van der Waals surface area contributed by atoms with Crippen LogP contribution in [0.25, 0.3) is 33.4 Å². The minimum Gasteiger partial charge on any atom is -1.00 e. The van der Waals surface area contributed by atoms with Crippen LogP contribution in [0, 0.1) is 65.0 Å². The molecule has 62 heavy (non-hydrogen) atoms. The van der Waals surface area contributed by atoms with Crippen molar-refractivity contribution in [1.82, 2.24) is 0 Å². The quantitative estimate of drug-likeness (QED) is 0.140. The van der Waals surface area contributed by atoms with Crippen LogP contribution in [-0.4, -0.2) is 3.21 Å². The molecular formula is C57H58Cl4Zr-2. The third-order valence-corrected chi connectivity index (χ3v) is 13.5. The van der Waals surface area contributed by atoms with Gasteiger partial charge in [0, 0.05) is 0 Å². The minimum absolute atomic E-state index is 0. The smallest absolute Gasteiger partial charge is 1.00 e. The monoisotopic (exact) mass is 972 g/mol. The third-order valence-electron chi connectivity index (χ3n) is 11.5. The number of hydrogen-bond acceptors (Lipinski definition) is 0. The maximum Gasteiger partial charge on any atom is -1.00 e. The molecular weight excluding hydrogens is 918 g/mol. The van der Waals surface area contributed by atoms with Crippen molar-refractivity contribution in [2.45, 2.75) is 94.9 Å². The molecule has 0 heterocycles. The third kappa shape index (κ3) is 12.7. The Morgan fingerprint density at radius 3 is 1.65 bits per heavy atom. The van der Waals surface area contributed by atoms with Gasteiger partial charge in [-0.2, -0.15) is 11.6 Å². The molecule has 0 bridgehead atoms. The first-order valence-corrected chi connectivity index (χ1v) is 23.3. The first-order chi connectivity index (χ1) is 28.5. The van der Waals surface area contributed by atoms with E-state index in [1.165, 1.54) is 141 Å². The van der Waals surface area contributed by atoms with Crippen LogP contribution in [0.1, 0.15) is 103 Å². The van der Waals surface area contributed by atoms with Crippen LogP contribution in [0.3, 0.4) is 0 Å². The van der Waals surface area contributed by atoms with E-state index in [9.17, 15) is 0 Å². The molecule has 1 unspecified atom stereocenters. The van der Waals surface area contributed by atoms with Gasteiger partial charge in [0.05, 0.1) is 0 Å². The Balaban J connectivity index is 0.000000229. The van der Waals surface area contributed by atoms with E-state index in [2.05, 4.69) is 148 Å². The zero-order valence-corrected chi connectivity index (χ0v) is 43.4. The predicted octanol–water partition coefficient (Wildman–Crippen LogP) is 10.5. The van der Waals surface area contributed by atoms with E-state index in [0.717, 1.165) is 16.5 Å². The summed E-state index contributed by atoms with van der Waals surface area (Å²) in [7, 11) is 0. The van der Waals surface area contributed by atoms with E-state index in [4.69, 9.17) is 23.2 Å². The maximum absolute atomic E-state index is 5.86. The standard InChI is InChI=1S/C31H29.C13H8Cl2.C13H21.2ClH.Zr/c1-18-11-20(3)30(21(4)12-18)24-7-9-28-26(15-24)17-27-16-25(8-10-29(27)28)31-22(5)13-19(2)14-23(31)6;14-12-5-1-10(2-6-12)9-11-3-7-13(15)8-4-11;1-5-6-7-11-8-9-12(10-11)13(2,3)4;;;/h7-15H,17H2,1-6H3;1-8H;9-11H,5-7H2,1-4H3;2*1H;/q-1;;-1;;;+2/p-2. The molecule has 6 aromatic rings. The molecule has 0 spiro atoms. The van der Waals surface area contributed by atoms with Crippen molar-refractivity contribution in [3.63, 3.8) is 0 Å². The van der Waals surface area contributed by atoms with Gasteiger partial charge in [-0.05, 0) is 75.8 Å². The number of aryl methyl sites for hydroxylation is 6. The first-order valence-electron chi connectivity index (χ1n) is 21.3. The number of halogens is 4. The second kappa shape index (κ2) is 22.6. The van der Waals surface area contributed by atoms with Crippen molar-refractivity contribution < 1.29 is 49.0 Å². The summed E-state index contributed by atoms with van der Waals surface area (Å²) in [6.45, 7) is 22.3. The summed E-state index contributed by atoms with van der Waals surface area (Å²) in [4.78, 5) is 0. The summed E-state index contributed by atoms with van der Waals surface area (Å²) < 4.78 is 1.31. The molecule has 0 aromatic heterocycles. The summed E-state index contributed by atoms with van der Waals surface area (Å²) in [6.07, 6.45) is 12.8. The normalized spacial score (nSPS) is 13.3. The molecule has 1 atom stereocenters. The Labute approximate surface area is 410 Å². The summed E-state index contributed by atoms with van der Waals surface area (Å²) in [5, 5.41) is 1.53. The van der Waals surface area contributed by atoms with Crippen LogP contribution in [0.2, 0.25) is 10.0 Å². The molecule has 0 N–H and O–H groups in total. The molecule has 0 nitrogen and oxygen atoms in total. The van der Waals surface area contributed by atoms with E-state index in [1.807, 2.05) is 48.5 Å². The molecule has 0 saturated heterocycles. The Kier molecular flexibility index (Phi) is 18.7. The summed E-state index contributed by atoms with van der Waals surface area (Å²) >= 11 is 13.1. The largest absolute Gasteiger partial charge is 1.00 e. The van der Waals surface area contributed by atoms with Gasteiger partial charge in [-0.25, -0.2) is 6.08 Å². The van der Waals surface area contributed by atoms with E-state index in [-0.39, 0.29) is 24.8 Å². The average Bonchev–Trinajstić information content (AvgIpc) is 3.82. The van der Waals surface area contributed by atoms with Gasteiger partial charge in [0.25, 0.3) is 0 Å².